The zero-order chi connectivity index (χ0) is 19.3. The van der Waals surface area contributed by atoms with E-state index in [0.717, 1.165) is 11.1 Å². The molecule has 0 aliphatic carbocycles. The number of ether oxygens (including phenoxy) is 3. The fraction of sp³-hybridized carbons (Fsp3) is 0.316. The van der Waals surface area contributed by atoms with Crippen molar-refractivity contribution in [1.82, 2.24) is 4.72 Å². The number of sulfonamides is 1. The maximum absolute atomic E-state index is 12.5. The zero-order valence-corrected chi connectivity index (χ0v) is 15.8. The molecule has 1 aliphatic heterocycles. The number of methoxy groups -OCH3 is 1. The third-order valence-electron chi connectivity index (χ3n) is 4.15. The summed E-state index contributed by atoms with van der Waals surface area (Å²) in [5.41, 5.74) is 1.64. The van der Waals surface area contributed by atoms with Gasteiger partial charge in [-0.3, -0.25) is 4.79 Å². The van der Waals surface area contributed by atoms with Gasteiger partial charge in [0.2, 0.25) is 10.0 Å². The molecule has 1 heterocycles. The van der Waals surface area contributed by atoms with Crippen molar-refractivity contribution in [2.75, 3.05) is 20.3 Å². The number of esters is 1. The van der Waals surface area contributed by atoms with Gasteiger partial charge in [-0.1, -0.05) is 18.2 Å². The van der Waals surface area contributed by atoms with Gasteiger partial charge in [-0.15, -0.1) is 0 Å². The summed E-state index contributed by atoms with van der Waals surface area (Å²) in [5.74, 6) is 0.983. The first-order valence-electron chi connectivity index (χ1n) is 8.52. The number of benzene rings is 2. The molecule has 27 heavy (non-hydrogen) atoms. The van der Waals surface area contributed by atoms with E-state index in [-0.39, 0.29) is 23.8 Å². The molecule has 144 valence electrons. The van der Waals surface area contributed by atoms with E-state index < -0.39 is 10.0 Å². The van der Waals surface area contributed by atoms with Crippen molar-refractivity contribution in [2.24, 2.45) is 0 Å². The first kappa shape index (κ1) is 19.2. The molecule has 0 unspecified atom stereocenters. The van der Waals surface area contributed by atoms with Crippen molar-refractivity contribution >= 4 is 16.0 Å². The van der Waals surface area contributed by atoms with E-state index in [1.807, 2.05) is 0 Å². The SMILES string of the molecule is COC(=O)CCc1ccc(S(=O)(=O)NCc2ccc3c(c2)OCCO3)cc1. The molecule has 0 aromatic heterocycles. The first-order valence-corrected chi connectivity index (χ1v) is 10.0. The van der Waals surface area contributed by atoms with Gasteiger partial charge in [-0.2, -0.15) is 0 Å². The Balaban J connectivity index is 1.62. The average molecular weight is 391 g/mol. The predicted molar refractivity (Wildman–Crippen MR) is 98.2 cm³/mol. The molecule has 8 heteroatoms. The Morgan fingerprint density at radius 3 is 2.41 bits per heavy atom. The third-order valence-corrected chi connectivity index (χ3v) is 5.57. The van der Waals surface area contributed by atoms with Gasteiger partial charge in [-0.05, 0) is 41.8 Å². The number of aryl methyl sites for hydroxylation is 1. The highest BCUT2D eigenvalue weighted by Gasteiger charge is 2.16. The van der Waals surface area contributed by atoms with Crippen molar-refractivity contribution in [1.29, 1.82) is 0 Å². The monoisotopic (exact) mass is 391 g/mol. The molecule has 3 rings (SSSR count). The minimum atomic E-state index is -3.65. The van der Waals surface area contributed by atoms with Gasteiger partial charge < -0.3 is 14.2 Å². The van der Waals surface area contributed by atoms with E-state index in [9.17, 15) is 13.2 Å². The molecular formula is C19H21NO6S. The lowest BCUT2D eigenvalue weighted by molar-refractivity contribution is -0.140. The van der Waals surface area contributed by atoms with Crippen LogP contribution in [0.3, 0.4) is 0 Å². The second kappa shape index (κ2) is 8.41. The number of hydrogen-bond acceptors (Lipinski definition) is 6. The lowest BCUT2D eigenvalue weighted by Gasteiger charge is -2.19. The van der Waals surface area contributed by atoms with Gasteiger partial charge in [0.1, 0.15) is 13.2 Å². The fourth-order valence-corrected chi connectivity index (χ4v) is 3.66. The van der Waals surface area contributed by atoms with Crippen LogP contribution in [0.4, 0.5) is 0 Å². The smallest absolute Gasteiger partial charge is 0.305 e. The van der Waals surface area contributed by atoms with Crippen LogP contribution < -0.4 is 14.2 Å². The number of carbonyl (C=O) groups is 1. The number of carbonyl (C=O) groups excluding carboxylic acids is 1. The van der Waals surface area contributed by atoms with Gasteiger partial charge >= 0.3 is 5.97 Å². The van der Waals surface area contributed by atoms with Crippen molar-refractivity contribution in [2.45, 2.75) is 24.3 Å². The number of fused-ring (bicyclic) bond motifs is 1. The second-order valence-corrected chi connectivity index (χ2v) is 7.79. The van der Waals surface area contributed by atoms with Gasteiger partial charge in [0.25, 0.3) is 0 Å². The summed E-state index contributed by atoms with van der Waals surface area (Å²) in [7, 11) is -2.31. The maximum Gasteiger partial charge on any atom is 0.305 e. The van der Waals surface area contributed by atoms with Gasteiger partial charge in [-0.25, -0.2) is 13.1 Å². The lowest BCUT2D eigenvalue weighted by Crippen LogP contribution is -2.23. The topological polar surface area (TPSA) is 90.9 Å². The summed E-state index contributed by atoms with van der Waals surface area (Å²) < 4.78 is 43.1. The Bertz CT molecular complexity index is 908. The van der Waals surface area contributed by atoms with Gasteiger partial charge in [0.05, 0.1) is 12.0 Å². The molecule has 7 nitrogen and oxygen atoms in total. The Labute approximate surface area is 158 Å². The molecule has 0 saturated heterocycles. The van der Waals surface area contributed by atoms with Crippen LogP contribution in [0.25, 0.3) is 0 Å². The third kappa shape index (κ3) is 4.99. The largest absolute Gasteiger partial charge is 0.486 e. The number of rotatable bonds is 7. The number of nitrogens with one attached hydrogen (secondary N) is 1. The summed E-state index contributed by atoms with van der Waals surface area (Å²) >= 11 is 0. The Hall–Kier alpha value is -2.58. The molecule has 0 fully saturated rings. The molecule has 0 atom stereocenters. The normalized spacial score (nSPS) is 13.2. The molecule has 1 aliphatic rings. The van der Waals surface area contributed by atoms with E-state index >= 15 is 0 Å². The summed E-state index contributed by atoms with van der Waals surface area (Å²) in [6.45, 7) is 1.13. The molecule has 0 amide bonds. The van der Waals surface area contributed by atoms with Crippen molar-refractivity contribution in [3.05, 3.63) is 53.6 Å². The van der Waals surface area contributed by atoms with Crippen LogP contribution in [0, 0.1) is 0 Å². The van der Waals surface area contributed by atoms with Crippen molar-refractivity contribution in [3.63, 3.8) is 0 Å². The molecule has 2 aromatic rings. The standard InChI is InChI=1S/C19H21NO6S/c1-24-19(21)9-5-14-2-6-16(7-3-14)27(22,23)20-13-15-4-8-17-18(12-15)26-11-10-25-17/h2-4,6-8,12,20H,5,9-11,13H2,1H3. The van der Waals surface area contributed by atoms with Gasteiger partial charge in [0.15, 0.2) is 11.5 Å². The van der Waals surface area contributed by atoms with Gasteiger partial charge in [0, 0.05) is 13.0 Å². The first-order chi connectivity index (χ1) is 13.0. The minimum Gasteiger partial charge on any atom is -0.486 e. The van der Waals surface area contributed by atoms with Crippen LogP contribution in [0.1, 0.15) is 17.5 Å². The summed E-state index contributed by atoms with van der Waals surface area (Å²) in [4.78, 5) is 11.3. The molecule has 2 aromatic carbocycles. The zero-order valence-electron chi connectivity index (χ0n) is 14.9. The average Bonchev–Trinajstić information content (AvgIpc) is 2.70. The van der Waals surface area contributed by atoms with Crippen LogP contribution in [0.2, 0.25) is 0 Å². The van der Waals surface area contributed by atoms with Crippen molar-refractivity contribution < 1.29 is 27.4 Å². The van der Waals surface area contributed by atoms with E-state index in [0.29, 0.717) is 31.1 Å². The molecule has 0 spiro atoms. The Morgan fingerprint density at radius 2 is 1.70 bits per heavy atom. The van der Waals surface area contributed by atoms with Crippen LogP contribution in [0.5, 0.6) is 11.5 Å². The lowest BCUT2D eigenvalue weighted by atomic mass is 10.1. The molecule has 0 bridgehead atoms. The van der Waals surface area contributed by atoms with Crippen LogP contribution in [0.15, 0.2) is 47.4 Å². The Kier molecular flexibility index (Phi) is 5.98. The highest BCUT2D eigenvalue weighted by molar-refractivity contribution is 7.89. The van der Waals surface area contributed by atoms with E-state index in [1.165, 1.54) is 19.2 Å². The summed E-state index contributed by atoms with van der Waals surface area (Å²) in [5, 5.41) is 0. The second-order valence-electron chi connectivity index (χ2n) is 6.02. The number of hydrogen-bond donors (Lipinski definition) is 1. The van der Waals surface area contributed by atoms with Crippen LogP contribution in [-0.2, 0) is 32.5 Å². The van der Waals surface area contributed by atoms with E-state index in [4.69, 9.17) is 9.47 Å². The fourth-order valence-electron chi connectivity index (χ4n) is 2.64. The van der Waals surface area contributed by atoms with Crippen LogP contribution >= 0.6 is 0 Å². The van der Waals surface area contributed by atoms with Crippen molar-refractivity contribution in [3.8, 4) is 11.5 Å². The maximum atomic E-state index is 12.5. The quantitative estimate of drug-likeness (QED) is 0.727. The molecular weight excluding hydrogens is 370 g/mol. The highest BCUT2D eigenvalue weighted by atomic mass is 32.2. The predicted octanol–water partition coefficient (Wildman–Crippen LogP) is 2.04. The minimum absolute atomic E-state index is 0.142. The summed E-state index contributed by atoms with van der Waals surface area (Å²) in [6.07, 6.45) is 0.753. The Morgan fingerprint density at radius 1 is 1.04 bits per heavy atom. The van der Waals surface area contributed by atoms with Crippen LogP contribution in [-0.4, -0.2) is 34.7 Å². The molecule has 0 radical (unpaired) electrons. The summed E-state index contributed by atoms with van der Waals surface area (Å²) in [6, 6.07) is 11.8. The van der Waals surface area contributed by atoms with E-state index in [1.54, 1.807) is 30.3 Å². The van der Waals surface area contributed by atoms with E-state index in [2.05, 4.69) is 9.46 Å². The molecule has 1 N–H and O–H groups in total. The molecule has 0 saturated carbocycles. The highest BCUT2D eigenvalue weighted by Crippen LogP contribution is 2.30.